The van der Waals surface area contributed by atoms with Crippen molar-refractivity contribution in [1.82, 2.24) is 18.9 Å². The van der Waals surface area contributed by atoms with E-state index in [4.69, 9.17) is 14.7 Å². The van der Waals surface area contributed by atoms with Gasteiger partial charge in [0.05, 0.1) is 28.1 Å². The zero-order valence-corrected chi connectivity index (χ0v) is 31.6. The van der Waals surface area contributed by atoms with Gasteiger partial charge in [0, 0.05) is 44.9 Å². The number of para-hydroxylation sites is 1. The van der Waals surface area contributed by atoms with Gasteiger partial charge in [-0.05, 0) is 95.9 Å². The Hall–Kier alpha value is -6.72. The predicted molar refractivity (Wildman–Crippen MR) is 228 cm³/mol. The maximum Gasteiger partial charge on any atom is 0.146 e. The van der Waals surface area contributed by atoms with Gasteiger partial charge in [-0.3, -0.25) is 8.97 Å². The average Bonchev–Trinajstić information content (AvgIpc) is 3.75. The molecule has 0 atom stereocenters. The Morgan fingerprint density at radius 2 is 1.22 bits per heavy atom. The highest BCUT2D eigenvalue weighted by molar-refractivity contribution is 6.14. The fourth-order valence-electron chi connectivity index (χ4n) is 8.25. The molecule has 266 valence electrons. The lowest BCUT2D eigenvalue weighted by Crippen LogP contribution is -2.10. The lowest BCUT2D eigenvalue weighted by atomic mass is 9.86. The quantitative estimate of drug-likeness (QED) is 0.167. The maximum absolute atomic E-state index is 6.76. The minimum absolute atomic E-state index is 0.0108. The molecule has 0 saturated heterocycles. The van der Waals surface area contributed by atoms with Gasteiger partial charge in [-0.1, -0.05) is 106 Å². The summed E-state index contributed by atoms with van der Waals surface area (Å²) in [6, 6.07) is 51.5. The number of rotatable bonds is 5. The highest BCUT2D eigenvalue weighted by Crippen LogP contribution is 2.42. The van der Waals surface area contributed by atoms with Crippen LogP contribution in [0.5, 0.6) is 11.5 Å². The molecule has 10 aromatic rings. The number of pyridine rings is 2. The number of imidazole rings is 1. The number of hydrogen-bond donors (Lipinski definition) is 0. The molecule has 4 aromatic heterocycles. The Morgan fingerprint density at radius 1 is 0.527 bits per heavy atom. The Bertz CT molecular complexity index is 3140. The maximum atomic E-state index is 6.76. The molecule has 6 aromatic carbocycles. The van der Waals surface area contributed by atoms with Crippen molar-refractivity contribution in [1.29, 1.82) is 0 Å². The summed E-state index contributed by atoms with van der Waals surface area (Å²) >= 11 is 0. The van der Waals surface area contributed by atoms with Gasteiger partial charge >= 0.3 is 0 Å². The first kappa shape index (κ1) is 32.9. The van der Waals surface area contributed by atoms with Crippen LogP contribution in [0.25, 0.3) is 77.5 Å². The number of nitrogens with zero attached hydrogens (tertiary/aromatic N) is 4. The average molecular weight is 713 g/mol. The molecule has 5 heteroatoms. The van der Waals surface area contributed by atoms with Crippen LogP contribution in [0.1, 0.15) is 37.5 Å². The Labute approximate surface area is 320 Å². The van der Waals surface area contributed by atoms with Crippen LogP contribution in [-0.4, -0.2) is 18.9 Å². The van der Waals surface area contributed by atoms with Gasteiger partial charge in [-0.2, -0.15) is 0 Å². The number of hydrogen-bond acceptors (Lipinski definition) is 3. The van der Waals surface area contributed by atoms with Crippen molar-refractivity contribution in [3.8, 4) is 39.7 Å². The summed E-state index contributed by atoms with van der Waals surface area (Å²) in [5, 5.41) is 5.64. The van der Waals surface area contributed by atoms with Gasteiger partial charge in [0.1, 0.15) is 22.8 Å². The lowest BCUT2D eigenvalue weighted by molar-refractivity contribution is 0.483. The molecule has 0 aliphatic heterocycles. The van der Waals surface area contributed by atoms with Crippen LogP contribution in [-0.2, 0) is 5.41 Å². The Kier molecular flexibility index (Phi) is 7.43. The van der Waals surface area contributed by atoms with Crippen molar-refractivity contribution in [3.05, 3.63) is 168 Å². The van der Waals surface area contributed by atoms with E-state index in [0.29, 0.717) is 0 Å². The Balaban J connectivity index is 1.17. The zero-order valence-electron chi connectivity index (χ0n) is 31.6. The highest BCUT2D eigenvalue weighted by Gasteiger charge is 2.23. The van der Waals surface area contributed by atoms with E-state index < -0.39 is 0 Å². The molecule has 0 aliphatic carbocycles. The molecule has 0 spiro atoms. The van der Waals surface area contributed by atoms with Gasteiger partial charge in [0.15, 0.2) is 0 Å². The standard InChI is InChI=1S/C50H40N4O/c1-31-14-6-8-18-37(31)46-47(38-19-9-7-15-32(38)2)54-44-22-11-10-20-40(44)39-26-24-36(30-43(39)49(54)52-46)55-35-17-12-16-34(29-35)53-45-28-33(50(3,4)5)23-25-41(45)42-21-13-27-51-48(42)53/h6-30H,1-5H3. The lowest BCUT2D eigenvalue weighted by Gasteiger charge is -2.19. The summed E-state index contributed by atoms with van der Waals surface area (Å²) in [5.41, 5.74) is 13.1. The number of aryl methyl sites for hydroxylation is 2. The number of aromatic nitrogens is 4. The molecular weight excluding hydrogens is 673 g/mol. The summed E-state index contributed by atoms with van der Waals surface area (Å²) in [6.07, 6.45) is 1.87. The molecule has 0 aliphatic rings. The van der Waals surface area contributed by atoms with Gasteiger partial charge in [-0.15, -0.1) is 0 Å². The SMILES string of the molecule is Cc1ccccc1-c1nc2c3cc(Oc4cccc(-n5c6cc(C(C)(C)C)ccc6c6cccnc65)c4)ccc3c3ccccc3n2c1-c1ccccc1C. The van der Waals surface area contributed by atoms with Gasteiger partial charge in [0.25, 0.3) is 0 Å². The van der Waals surface area contributed by atoms with Crippen LogP contribution in [0, 0.1) is 13.8 Å². The smallest absolute Gasteiger partial charge is 0.146 e. The summed E-state index contributed by atoms with van der Waals surface area (Å²) in [4.78, 5) is 10.4. The summed E-state index contributed by atoms with van der Waals surface area (Å²) < 4.78 is 11.4. The van der Waals surface area contributed by atoms with Crippen molar-refractivity contribution in [2.75, 3.05) is 0 Å². The molecule has 0 unspecified atom stereocenters. The van der Waals surface area contributed by atoms with Crippen molar-refractivity contribution in [2.24, 2.45) is 0 Å². The van der Waals surface area contributed by atoms with Crippen LogP contribution in [0.15, 0.2) is 152 Å². The van der Waals surface area contributed by atoms with E-state index in [-0.39, 0.29) is 5.41 Å². The van der Waals surface area contributed by atoms with Gasteiger partial charge in [0.2, 0.25) is 0 Å². The van der Waals surface area contributed by atoms with Gasteiger partial charge < -0.3 is 4.74 Å². The topological polar surface area (TPSA) is 44.3 Å². The molecular formula is C50H40N4O. The molecule has 4 heterocycles. The summed E-state index contributed by atoms with van der Waals surface area (Å²) in [6.45, 7) is 11.1. The Morgan fingerprint density at radius 3 is 2.02 bits per heavy atom. The largest absolute Gasteiger partial charge is 0.457 e. The monoisotopic (exact) mass is 712 g/mol. The molecule has 0 amide bonds. The fraction of sp³-hybridized carbons (Fsp3) is 0.120. The minimum Gasteiger partial charge on any atom is -0.457 e. The third kappa shape index (κ3) is 5.30. The minimum atomic E-state index is 0.0108. The van der Waals surface area contributed by atoms with E-state index in [2.05, 4.69) is 177 Å². The molecule has 0 fully saturated rings. The molecule has 10 rings (SSSR count). The number of benzene rings is 6. The summed E-state index contributed by atoms with van der Waals surface area (Å²) in [5.74, 6) is 1.49. The molecule has 55 heavy (non-hydrogen) atoms. The first-order chi connectivity index (χ1) is 26.7. The summed E-state index contributed by atoms with van der Waals surface area (Å²) in [7, 11) is 0. The second-order valence-corrected chi connectivity index (χ2v) is 15.6. The van der Waals surface area contributed by atoms with Gasteiger partial charge in [-0.25, -0.2) is 9.97 Å². The van der Waals surface area contributed by atoms with Crippen LogP contribution in [0.4, 0.5) is 0 Å². The molecule has 0 bridgehead atoms. The van der Waals surface area contributed by atoms with Crippen LogP contribution in [0.3, 0.4) is 0 Å². The molecule has 5 nitrogen and oxygen atoms in total. The van der Waals surface area contributed by atoms with Crippen LogP contribution >= 0.6 is 0 Å². The van der Waals surface area contributed by atoms with Crippen molar-refractivity contribution in [3.63, 3.8) is 0 Å². The van der Waals surface area contributed by atoms with E-state index in [1.54, 1.807) is 0 Å². The number of fused-ring (bicyclic) bond motifs is 9. The van der Waals surface area contributed by atoms with E-state index in [1.807, 2.05) is 18.3 Å². The molecule has 0 radical (unpaired) electrons. The highest BCUT2D eigenvalue weighted by atomic mass is 16.5. The number of ether oxygens (including phenoxy) is 1. The van der Waals surface area contributed by atoms with E-state index in [0.717, 1.165) is 83.6 Å². The predicted octanol–water partition coefficient (Wildman–Crippen LogP) is 13.2. The first-order valence-corrected chi connectivity index (χ1v) is 18.9. The van der Waals surface area contributed by atoms with Crippen molar-refractivity contribution in [2.45, 2.75) is 40.0 Å². The van der Waals surface area contributed by atoms with E-state index >= 15 is 0 Å². The fourth-order valence-corrected chi connectivity index (χ4v) is 8.25. The van der Waals surface area contributed by atoms with E-state index in [9.17, 15) is 0 Å². The van der Waals surface area contributed by atoms with E-state index in [1.165, 1.54) is 22.1 Å². The third-order valence-electron chi connectivity index (χ3n) is 11.0. The van der Waals surface area contributed by atoms with Crippen LogP contribution < -0.4 is 4.74 Å². The normalized spacial score (nSPS) is 12.1. The second-order valence-electron chi connectivity index (χ2n) is 15.6. The molecule has 0 saturated carbocycles. The van der Waals surface area contributed by atoms with Crippen molar-refractivity contribution < 1.29 is 4.74 Å². The zero-order chi connectivity index (χ0) is 37.4. The molecule has 0 N–H and O–H groups in total. The first-order valence-electron chi connectivity index (χ1n) is 18.9. The third-order valence-corrected chi connectivity index (χ3v) is 11.0. The van der Waals surface area contributed by atoms with Crippen molar-refractivity contribution >= 4 is 49.3 Å². The van der Waals surface area contributed by atoms with Crippen LogP contribution in [0.2, 0.25) is 0 Å². The second kappa shape index (κ2) is 12.4.